The van der Waals surface area contributed by atoms with Gasteiger partial charge in [0.25, 0.3) is 5.91 Å². The number of carbonyl (C=O) groups is 1. The van der Waals surface area contributed by atoms with Crippen molar-refractivity contribution in [3.05, 3.63) is 35.9 Å². The van der Waals surface area contributed by atoms with Gasteiger partial charge in [-0.05, 0) is 11.5 Å². The van der Waals surface area contributed by atoms with Crippen molar-refractivity contribution in [3.63, 3.8) is 0 Å². The van der Waals surface area contributed by atoms with Crippen molar-refractivity contribution < 1.29 is 9.53 Å². The van der Waals surface area contributed by atoms with Crippen molar-refractivity contribution in [2.45, 2.75) is 32.6 Å². The third-order valence-electron chi connectivity index (χ3n) is 2.88. The van der Waals surface area contributed by atoms with Crippen LogP contribution in [0.5, 0.6) is 0 Å². The van der Waals surface area contributed by atoms with Crippen LogP contribution in [0.15, 0.2) is 30.3 Å². The second kappa shape index (κ2) is 4.66. The highest BCUT2D eigenvalue weighted by molar-refractivity contribution is 5.88. The normalized spacial score (nSPS) is 24.1. The molecule has 2 rings (SSSR count). The van der Waals surface area contributed by atoms with Crippen molar-refractivity contribution in [2.24, 2.45) is 5.92 Å². The van der Waals surface area contributed by atoms with Crippen molar-refractivity contribution in [1.82, 2.24) is 5.32 Å². The van der Waals surface area contributed by atoms with Crippen LogP contribution >= 0.6 is 0 Å². The third kappa shape index (κ3) is 2.25. The van der Waals surface area contributed by atoms with Crippen LogP contribution in [0.1, 0.15) is 19.4 Å². The number of hydrogen-bond donors (Lipinski definition) is 1. The molecule has 0 radical (unpaired) electrons. The predicted molar refractivity (Wildman–Crippen MR) is 61.8 cm³/mol. The van der Waals surface area contributed by atoms with E-state index in [-0.39, 0.29) is 18.1 Å². The summed E-state index contributed by atoms with van der Waals surface area (Å²) < 4.78 is 5.64. The minimum absolute atomic E-state index is 0.00892. The van der Waals surface area contributed by atoms with Gasteiger partial charge in [-0.15, -0.1) is 0 Å². The van der Waals surface area contributed by atoms with E-state index in [1.165, 1.54) is 0 Å². The Morgan fingerprint density at radius 2 is 2.00 bits per heavy atom. The Balaban J connectivity index is 1.88. The second-order valence-electron chi connectivity index (χ2n) is 4.50. The highest BCUT2D eigenvalue weighted by Gasteiger charge is 2.41. The fraction of sp³-hybridized carbons (Fsp3) is 0.462. The van der Waals surface area contributed by atoms with Crippen LogP contribution in [0.2, 0.25) is 0 Å². The topological polar surface area (TPSA) is 38.3 Å². The molecular weight excluding hydrogens is 202 g/mol. The number of β-lactam (4-membered cyclic amide) rings is 1. The Hall–Kier alpha value is -1.35. The number of hydrogen-bond acceptors (Lipinski definition) is 2. The summed E-state index contributed by atoms with van der Waals surface area (Å²) >= 11 is 0. The van der Waals surface area contributed by atoms with Gasteiger partial charge in [0.15, 0.2) is 6.10 Å². The van der Waals surface area contributed by atoms with Crippen LogP contribution in [0.4, 0.5) is 0 Å². The van der Waals surface area contributed by atoms with Gasteiger partial charge in [0, 0.05) is 0 Å². The Morgan fingerprint density at radius 1 is 1.31 bits per heavy atom. The molecule has 1 aliphatic rings. The average Bonchev–Trinajstić information content (AvgIpc) is 2.27. The molecule has 3 heteroatoms. The summed E-state index contributed by atoms with van der Waals surface area (Å²) in [6.07, 6.45) is -0.278. The average molecular weight is 219 g/mol. The molecule has 0 bridgehead atoms. The number of carbonyl (C=O) groups excluding carboxylic acids is 1. The molecule has 0 unspecified atom stereocenters. The molecule has 1 heterocycles. The van der Waals surface area contributed by atoms with E-state index in [9.17, 15) is 4.79 Å². The molecule has 1 saturated heterocycles. The predicted octanol–water partition coefficient (Wildman–Crippen LogP) is 1.73. The number of rotatable bonds is 4. The molecular formula is C13H17NO2. The van der Waals surface area contributed by atoms with E-state index in [1.54, 1.807) is 0 Å². The summed E-state index contributed by atoms with van der Waals surface area (Å²) in [6.45, 7) is 4.67. The quantitative estimate of drug-likeness (QED) is 0.783. The molecule has 1 aromatic carbocycles. The molecule has 3 nitrogen and oxygen atoms in total. The molecule has 1 N–H and O–H groups in total. The zero-order valence-corrected chi connectivity index (χ0v) is 9.64. The van der Waals surface area contributed by atoms with Gasteiger partial charge in [0.1, 0.15) is 0 Å². The van der Waals surface area contributed by atoms with Gasteiger partial charge in [-0.3, -0.25) is 4.79 Å². The molecule has 0 aliphatic carbocycles. The number of benzene rings is 1. The van der Waals surface area contributed by atoms with Gasteiger partial charge in [0.2, 0.25) is 0 Å². The summed E-state index contributed by atoms with van der Waals surface area (Å²) in [5.41, 5.74) is 1.10. The van der Waals surface area contributed by atoms with Gasteiger partial charge in [0.05, 0.1) is 12.6 Å². The molecule has 2 atom stereocenters. The summed E-state index contributed by atoms with van der Waals surface area (Å²) in [5.74, 6) is 0.424. The van der Waals surface area contributed by atoms with E-state index in [4.69, 9.17) is 4.74 Å². The first-order chi connectivity index (χ1) is 7.68. The van der Waals surface area contributed by atoms with Crippen molar-refractivity contribution in [2.75, 3.05) is 0 Å². The monoisotopic (exact) mass is 219 g/mol. The van der Waals surface area contributed by atoms with Crippen LogP contribution in [0.25, 0.3) is 0 Å². The SMILES string of the molecule is CC(C)[C@@H]1NC(=O)[C@@H]1OCc1ccccc1. The number of nitrogens with one attached hydrogen (secondary N) is 1. The van der Waals surface area contributed by atoms with Crippen LogP contribution < -0.4 is 5.32 Å². The van der Waals surface area contributed by atoms with Crippen LogP contribution in [-0.4, -0.2) is 18.1 Å². The molecule has 86 valence electrons. The van der Waals surface area contributed by atoms with E-state index in [2.05, 4.69) is 19.2 Å². The fourth-order valence-electron chi connectivity index (χ4n) is 1.84. The highest BCUT2D eigenvalue weighted by atomic mass is 16.5. The van der Waals surface area contributed by atoms with Gasteiger partial charge >= 0.3 is 0 Å². The van der Waals surface area contributed by atoms with Gasteiger partial charge in [-0.2, -0.15) is 0 Å². The third-order valence-corrected chi connectivity index (χ3v) is 2.88. The Bertz CT molecular complexity index is 361. The minimum atomic E-state index is -0.278. The maximum atomic E-state index is 11.3. The first kappa shape index (κ1) is 11.1. The lowest BCUT2D eigenvalue weighted by Crippen LogP contribution is -2.65. The molecule has 1 fully saturated rings. The zero-order chi connectivity index (χ0) is 11.5. The number of ether oxygens (including phenoxy) is 1. The van der Waals surface area contributed by atoms with Crippen LogP contribution in [-0.2, 0) is 16.1 Å². The first-order valence-corrected chi connectivity index (χ1v) is 5.64. The van der Waals surface area contributed by atoms with Gasteiger partial charge in [-0.25, -0.2) is 0 Å². The largest absolute Gasteiger partial charge is 0.362 e. The lowest BCUT2D eigenvalue weighted by Gasteiger charge is -2.39. The molecule has 16 heavy (non-hydrogen) atoms. The summed E-state index contributed by atoms with van der Waals surface area (Å²) in [4.78, 5) is 11.3. The van der Waals surface area contributed by atoms with Crippen molar-refractivity contribution >= 4 is 5.91 Å². The number of amides is 1. The smallest absolute Gasteiger partial charge is 0.251 e. The van der Waals surface area contributed by atoms with E-state index in [0.29, 0.717) is 12.5 Å². The lowest BCUT2D eigenvalue weighted by atomic mass is 9.91. The van der Waals surface area contributed by atoms with Crippen molar-refractivity contribution in [1.29, 1.82) is 0 Å². The Morgan fingerprint density at radius 3 is 2.56 bits per heavy atom. The highest BCUT2D eigenvalue weighted by Crippen LogP contribution is 2.19. The Kier molecular flexibility index (Phi) is 3.25. The van der Waals surface area contributed by atoms with E-state index >= 15 is 0 Å². The minimum Gasteiger partial charge on any atom is -0.362 e. The molecule has 0 spiro atoms. The van der Waals surface area contributed by atoms with E-state index in [0.717, 1.165) is 5.56 Å². The molecule has 1 aliphatic heterocycles. The molecule has 1 aromatic rings. The maximum absolute atomic E-state index is 11.3. The zero-order valence-electron chi connectivity index (χ0n) is 9.64. The summed E-state index contributed by atoms with van der Waals surface area (Å²) in [7, 11) is 0. The van der Waals surface area contributed by atoms with Crippen molar-refractivity contribution in [3.8, 4) is 0 Å². The summed E-state index contributed by atoms with van der Waals surface area (Å²) in [5, 5.41) is 2.86. The van der Waals surface area contributed by atoms with Crippen LogP contribution in [0.3, 0.4) is 0 Å². The lowest BCUT2D eigenvalue weighted by molar-refractivity contribution is -0.152. The standard InChI is InChI=1S/C13H17NO2/c1-9(2)11-12(13(15)14-11)16-8-10-6-4-3-5-7-10/h3-7,9,11-12H,8H2,1-2H3,(H,14,15)/t11-,12+/m0/s1. The Labute approximate surface area is 95.8 Å². The maximum Gasteiger partial charge on any atom is 0.251 e. The molecule has 0 aromatic heterocycles. The summed E-state index contributed by atoms with van der Waals surface area (Å²) in [6, 6.07) is 10.1. The molecule has 1 amide bonds. The molecule has 0 saturated carbocycles. The first-order valence-electron chi connectivity index (χ1n) is 5.64. The van der Waals surface area contributed by atoms with E-state index < -0.39 is 0 Å². The van der Waals surface area contributed by atoms with Gasteiger partial charge < -0.3 is 10.1 Å². The van der Waals surface area contributed by atoms with E-state index in [1.807, 2.05) is 30.3 Å². The fourth-order valence-corrected chi connectivity index (χ4v) is 1.84. The van der Waals surface area contributed by atoms with Crippen LogP contribution in [0, 0.1) is 5.92 Å². The second-order valence-corrected chi connectivity index (χ2v) is 4.50. The van der Waals surface area contributed by atoms with Gasteiger partial charge in [-0.1, -0.05) is 44.2 Å².